The van der Waals surface area contributed by atoms with Gasteiger partial charge in [0.25, 0.3) is 0 Å². The molecule has 1 aromatic carbocycles. The van der Waals surface area contributed by atoms with Crippen LogP contribution in [0.4, 0.5) is 5.82 Å². The molecule has 1 N–H and O–H groups in total. The van der Waals surface area contributed by atoms with Gasteiger partial charge in [0.1, 0.15) is 5.82 Å². The van der Waals surface area contributed by atoms with Crippen LogP contribution in [0.3, 0.4) is 0 Å². The van der Waals surface area contributed by atoms with Crippen molar-refractivity contribution in [1.29, 1.82) is 0 Å². The van der Waals surface area contributed by atoms with Gasteiger partial charge in [0, 0.05) is 18.7 Å². The SMILES string of the molecule is CCN(CC)CCNc1cc2c(nn1)-c1cc(C)c(C)cc1CCC2. The van der Waals surface area contributed by atoms with E-state index in [4.69, 9.17) is 0 Å². The van der Waals surface area contributed by atoms with Gasteiger partial charge in [0.15, 0.2) is 0 Å². The van der Waals surface area contributed by atoms with Crippen molar-refractivity contribution in [2.75, 3.05) is 31.5 Å². The highest BCUT2D eigenvalue weighted by Crippen LogP contribution is 2.33. The van der Waals surface area contributed by atoms with Crippen molar-refractivity contribution in [3.8, 4) is 11.3 Å². The van der Waals surface area contributed by atoms with E-state index < -0.39 is 0 Å². The lowest BCUT2D eigenvalue weighted by atomic mass is 9.96. The third-order valence-corrected chi connectivity index (χ3v) is 5.37. The molecular weight excluding hydrogens is 308 g/mol. The van der Waals surface area contributed by atoms with Gasteiger partial charge in [-0.3, -0.25) is 0 Å². The first-order chi connectivity index (χ1) is 12.1. The molecule has 0 fully saturated rings. The van der Waals surface area contributed by atoms with E-state index in [1.807, 2.05) is 0 Å². The number of hydrogen-bond acceptors (Lipinski definition) is 4. The summed E-state index contributed by atoms with van der Waals surface area (Å²) >= 11 is 0. The van der Waals surface area contributed by atoms with Crippen molar-refractivity contribution >= 4 is 5.82 Å². The van der Waals surface area contributed by atoms with Crippen LogP contribution in [0.15, 0.2) is 18.2 Å². The van der Waals surface area contributed by atoms with Crippen LogP contribution in [0.2, 0.25) is 0 Å². The second-order valence-electron chi connectivity index (χ2n) is 7.00. The van der Waals surface area contributed by atoms with E-state index in [-0.39, 0.29) is 0 Å². The van der Waals surface area contributed by atoms with Crippen LogP contribution < -0.4 is 5.32 Å². The number of fused-ring (bicyclic) bond motifs is 3. The van der Waals surface area contributed by atoms with Gasteiger partial charge in [-0.15, -0.1) is 10.2 Å². The van der Waals surface area contributed by atoms with Gasteiger partial charge in [-0.2, -0.15) is 0 Å². The van der Waals surface area contributed by atoms with E-state index in [1.165, 1.54) is 34.2 Å². The van der Waals surface area contributed by atoms with E-state index in [1.54, 1.807) is 0 Å². The Morgan fingerprint density at radius 2 is 1.68 bits per heavy atom. The summed E-state index contributed by atoms with van der Waals surface area (Å²) in [5.74, 6) is 0.901. The van der Waals surface area contributed by atoms with Crippen molar-refractivity contribution in [3.63, 3.8) is 0 Å². The van der Waals surface area contributed by atoms with Gasteiger partial charge in [0.2, 0.25) is 0 Å². The number of nitrogens with zero attached hydrogens (tertiary/aromatic N) is 3. The van der Waals surface area contributed by atoms with Crippen LogP contribution in [0, 0.1) is 13.8 Å². The smallest absolute Gasteiger partial charge is 0.149 e. The largest absolute Gasteiger partial charge is 0.367 e. The number of hydrogen-bond donors (Lipinski definition) is 1. The molecule has 0 saturated carbocycles. The molecule has 1 heterocycles. The van der Waals surface area contributed by atoms with Crippen molar-refractivity contribution in [2.24, 2.45) is 0 Å². The Hall–Kier alpha value is -1.94. The standard InChI is InChI=1S/C21H30N4/c1-5-25(6-2)11-10-22-20-14-18-9-7-8-17-12-15(3)16(4)13-19(17)21(18)24-23-20/h12-14H,5-11H2,1-4H3,(H,22,23). The molecule has 2 aromatic rings. The molecule has 134 valence electrons. The van der Waals surface area contributed by atoms with E-state index in [0.29, 0.717) is 0 Å². The predicted octanol–water partition coefficient (Wildman–Crippen LogP) is 4.00. The Balaban J connectivity index is 1.81. The average molecular weight is 338 g/mol. The molecule has 0 unspecified atom stereocenters. The maximum atomic E-state index is 4.60. The molecule has 25 heavy (non-hydrogen) atoms. The fourth-order valence-electron chi connectivity index (χ4n) is 3.59. The Bertz CT molecular complexity index is 735. The molecule has 1 aromatic heterocycles. The lowest BCUT2D eigenvalue weighted by Crippen LogP contribution is -2.28. The summed E-state index contributed by atoms with van der Waals surface area (Å²) in [6, 6.07) is 6.82. The number of rotatable bonds is 6. The molecule has 0 saturated heterocycles. The van der Waals surface area contributed by atoms with Gasteiger partial charge in [0.05, 0.1) is 5.69 Å². The number of anilines is 1. The minimum Gasteiger partial charge on any atom is -0.367 e. The lowest BCUT2D eigenvalue weighted by molar-refractivity contribution is 0.316. The third kappa shape index (κ3) is 4.01. The van der Waals surface area contributed by atoms with E-state index in [9.17, 15) is 0 Å². The molecule has 4 nitrogen and oxygen atoms in total. The summed E-state index contributed by atoms with van der Waals surface area (Å²) in [7, 11) is 0. The second kappa shape index (κ2) is 7.96. The zero-order chi connectivity index (χ0) is 17.8. The van der Waals surface area contributed by atoms with E-state index >= 15 is 0 Å². The minimum absolute atomic E-state index is 0.901. The Morgan fingerprint density at radius 1 is 0.960 bits per heavy atom. The molecule has 0 radical (unpaired) electrons. The molecule has 1 aliphatic rings. The van der Waals surface area contributed by atoms with Crippen LogP contribution in [0.5, 0.6) is 0 Å². The Labute approximate surface area is 151 Å². The summed E-state index contributed by atoms with van der Waals surface area (Å²) in [5.41, 5.74) is 7.78. The molecule has 0 spiro atoms. The summed E-state index contributed by atoms with van der Waals surface area (Å²) in [4.78, 5) is 2.41. The van der Waals surface area contributed by atoms with Crippen LogP contribution in [0.25, 0.3) is 11.3 Å². The van der Waals surface area contributed by atoms with Crippen LogP contribution in [0.1, 0.15) is 42.5 Å². The topological polar surface area (TPSA) is 41.0 Å². The molecule has 3 rings (SSSR count). The minimum atomic E-state index is 0.901. The van der Waals surface area contributed by atoms with Gasteiger partial charge in [-0.05, 0) is 80.6 Å². The highest BCUT2D eigenvalue weighted by molar-refractivity contribution is 5.70. The zero-order valence-electron chi connectivity index (χ0n) is 16.0. The molecular formula is C21H30N4. The van der Waals surface area contributed by atoms with Crippen molar-refractivity contribution in [3.05, 3.63) is 40.5 Å². The molecule has 4 heteroatoms. The highest BCUT2D eigenvalue weighted by Gasteiger charge is 2.18. The molecule has 0 amide bonds. The Morgan fingerprint density at radius 3 is 2.44 bits per heavy atom. The highest BCUT2D eigenvalue weighted by atomic mass is 15.2. The summed E-state index contributed by atoms with van der Waals surface area (Å²) < 4.78 is 0. The molecule has 1 aliphatic carbocycles. The van der Waals surface area contributed by atoms with E-state index in [0.717, 1.165) is 50.5 Å². The predicted molar refractivity (Wildman–Crippen MR) is 105 cm³/mol. The van der Waals surface area contributed by atoms with E-state index in [2.05, 4.69) is 66.3 Å². The van der Waals surface area contributed by atoms with Crippen LogP contribution in [-0.2, 0) is 12.8 Å². The van der Waals surface area contributed by atoms with Crippen LogP contribution in [-0.4, -0.2) is 41.3 Å². The maximum absolute atomic E-state index is 4.60. The first-order valence-corrected chi connectivity index (χ1v) is 9.55. The molecule has 0 atom stereocenters. The number of aromatic nitrogens is 2. The number of likely N-dealkylation sites (N-methyl/N-ethyl adjacent to an activating group) is 1. The lowest BCUT2D eigenvalue weighted by Gasteiger charge is -2.18. The fourth-order valence-corrected chi connectivity index (χ4v) is 3.59. The third-order valence-electron chi connectivity index (χ3n) is 5.37. The first kappa shape index (κ1) is 17.9. The molecule has 0 aliphatic heterocycles. The maximum Gasteiger partial charge on any atom is 0.149 e. The summed E-state index contributed by atoms with van der Waals surface area (Å²) in [6.07, 6.45) is 3.37. The van der Waals surface area contributed by atoms with Crippen molar-refractivity contribution < 1.29 is 0 Å². The average Bonchev–Trinajstić information content (AvgIpc) is 2.78. The fraction of sp³-hybridized carbons (Fsp3) is 0.524. The quantitative estimate of drug-likeness (QED) is 0.864. The monoisotopic (exact) mass is 338 g/mol. The Kier molecular flexibility index (Phi) is 5.69. The molecule has 0 bridgehead atoms. The van der Waals surface area contributed by atoms with Gasteiger partial charge in [-0.1, -0.05) is 19.9 Å². The van der Waals surface area contributed by atoms with Gasteiger partial charge in [-0.25, -0.2) is 0 Å². The normalized spacial score (nSPS) is 13.3. The van der Waals surface area contributed by atoms with Crippen molar-refractivity contribution in [2.45, 2.75) is 47.0 Å². The second-order valence-corrected chi connectivity index (χ2v) is 7.00. The van der Waals surface area contributed by atoms with Gasteiger partial charge < -0.3 is 10.2 Å². The number of nitrogens with one attached hydrogen (secondary N) is 1. The van der Waals surface area contributed by atoms with Crippen LogP contribution >= 0.6 is 0 Å². The number of aryl methyl sites for hydroxylation is 4. The zero-order valence-corrected chi connectivity index (χ0v) is 16.0. The van der Waals surface area contributed by atoms with Gasteiger partial charge >= 0.3 is 0 Å². The summed E-state index contributed by atoms with van der Waals surface area (Å²) in [5, 5.41) is 12.5. The summed E-state index contributed by atoms with van der Waals surface area (Å²) in [6.45, 7) is 12.9. The number of benzene rings is 1. The van der Waals surface area contributed by atoms with Crippen molar-refractivity contribution in [1.82, 2.24) is 15.1 Å². The first-order valence-electron chi connectivity index (χ1n) is 9.55.